The summed E-state index contributed by atoms with van der Waals surface area (Å²) < 4.78 is 10.9. The lowest BCUT2D eigenvalue weighted by atomic mass is 9.87. The van der Waals surface area contributed by atoms with Crippen molar-refractivity contribution in [2.24, 2.45) is 0 Å². The summed E-state index contributed by atoms with van der Waals surface area (Å²) >= 11 is 1.67. The van der Waals surface area contributed by atoms with Gasteiger partial charge in [-0.25, -0.2) is 0 Å². The average molecular weight is 443 g/mol. The van der Waals surface area contributed by atoms with E-state index in [4.69, 9.17) is 9.47 Å². The molecule has 166 valence electrons. The molecular weight excluding hydrogens is 412 g/mol. The Labute approximate surface area is 188 Å². The van der Waals surface area contributed by atoms with E-state index in [-0.39, 0.29) is 11.8 Å². The highest BCUT2D eigenvalue weighted by Gasteiger charge is 2.40. The lowest BCUT2D eigenvalue weighted by molar-refractivity contribution is -0.154. The first-order valence-corrected chi connectivity index (χ1v) is 11.5. The Morgan fingerprint density at radius 2 is 1.90 bits per heavy atom. The minimum absolute atomic E-state index is 0.187. The van der Waals surface area contributed by atoms with Gasteiger partial charge in [0, 0.05) is 36.5 Å². The molecule has 1 aliphatic rings. The fourth-order valence-corrected chi connectivity index (χ4v) is 4.35. The van der Waals surface area contributed by atoms with Gasteiger partial charge in [-0.1, -0.05) is 12.1 Å². The maximum atomic E-state index is 13.7. The van der Waals surface area contributed by atoms with Crippen LogP contribution in [0.5, 0.6) is 5.75 Å². The maximum Gasteiger partial charge on any atom is 0.303 e. The highest BCUT2D eigenvalue weighted by atomic mass is 32.2. The van der Waals surface area contributed by atoms with E-state index >= 15 is 0 Å². The van der Waals surface area contributed by atoms with Gasteiger partial charge in [0.2, 0.25) is 0 Å². The van der Waals surface area contributed by atoms with Gasteiger partial charge in [0.1, 0.15) is 5.75 Å². The van der Waals surface area contributed by atoms with Gasteiger partial charge < -0.3 is 19.3 Å². The van der Waals surface area contributed by atoms with Crippen LogP contribution in [0.1, 0.15) is 24.0 Å². The number of rotatable bonds is 7. The number of esters is 1. The van der Waals surface area contributed by atoms with E-state index in [9.17, 15) is 9.59 Å². The standard InChI is InChI=1S/C24H30N2O4S/c1-16(27)30-23-21(17-6-8-19(29-4)9-7-17)15-18-14-20(31-5)10-11-22(18)26(24(23)28)13-12-25(2)3/h6-11,14,21,23H,12-13,15H2,1-5H3/t21-,23+/m1/s1. The molecule has 0 fully saturated rings. The average Bonchev–Trinajstić information content (AvgIpc) is 2.86. The second-order valence-corrected chi connectivity index (χ2v) is 8.78. The van der Waals surface area contributed by atoms with E-state index in [1.807, 2.05) is 61.6 Å². The largest absolute Gasteiger partial charge is 0.497 e. The first kappa shape index (κ1) is 23.2. The van der Waals surface area contributed by atoms with Crippen LogP contribution in [0.3, 0.4) is 0 Å². The number of amides is 1. The number of carbonyl (C=O) groups excluding carboxylic acids is 2. The lowest BCUT2D eigenvalue weighted by Gasteiger charge is -2.29. The van der Waals surface area contributed by atoms with Crippen LogP contribution in [-0.4, -0.2) is 63.4 Å². The van der Waals surface area contributed by atoms with Gasteiger partial charge in [0.05, 0.1) is 7.11 Å². The van der Waals surface area contributed by atoms with Crippen molar-refractivity contribution in [1.29, 1.82) is 0 Å². The number of carbonyl (C=O) groups is 2. The van der Waals surface area contributed by atoms with Crippen LogP contribution in [0.25, 0.3) is 0 Å². The molecule has 1 aliphatic heterocycles. The molecule has 31 heavy (non-hydrogen) atoms. The quantitative estimate of drug-likeness (QED) is 0.483. The Balaban J connectivity index is 2.11. The first-order valence-electron chi connectivity index (χ1n) is 10.3. The molecule has 0 radical (unpaired) electrons. The molecule has 0 saturated heterocycles. The van der Waals surface area contributed by atoms with Crippen LogP contribution in [-0.2, 0) is 20.7 Å². The SMILES string of the molecule is COc1ccc([C@H]2Cc3cc(SC)ccc3N(CCN(C)C)C(=O)[C@H]2OC(C)=O)cc1. The third-order valence-corrected chi connectivity index (χ3v) is 6.23. The molecule has 0 saturated carbocycles. The molecule has 2 aromatic carbocycles. The van der Waals surface area contributed by atoms with Crippen molar-refractivity contribution in [3.05, 3.63) is 53.6 Å². The summed E-state index contributed by atoms with van der Waals surface area (Å²) in [4.78, 5) is 30.6. The Morgan fingerprint density at radius 1 is 1.19 bits per heavy atom. The molecule has 1 amide bonds. The zero-order valence-electron chi connectivity index (χ0n) is 18.8. The molecule has 0 aliphatic carbocycles. The number of hydrogen-bond donors (Lipinski definition) is 0. The topological polar surface area (TPSA) is 59.1 Å². The highest BCUT2D eigenvalue weighted by Crippen LogP contribution is 2.38. The van der Waals surface area contributed by atoms with Gasteiger partial charge in [-0.15, -0.1) is 11.8 Å². The fourth-order valence-electron chi connectivity index (χ4n) is 3.89. The third kappa shape index (κ3) is 5.40. The van der Waals surface area contributed by atoms with Gasteiger partial charge >= 0.3 is 5.97 Å². The summed E-state index contributed by atoms with van der Waals surface area (Å²) in [5, 5.41) is 0. The van der Waals surface area contributed by atoms with Gasteiger partial charge in [0.25, 0.3) is 5.91 Å². The third-order valence-electron chi connectivity index (χ3n) is 5.50. The van der Waals surface area contributed by atoms with Gasteiger partial charge in [-0.3, -0.25) is 9.59 Å². The predicted octanol–water partition coefficient (Wildman–Crippen LogP) is 3.58. The number of thioether (sulfide) groups is 1. The molecule has 0 unspecified atom stereocenters. The molecule has 3 rings (SSSR count). The van der Waals surface area contributed by atoms with Crippen molar-refractivity contribution in [3.8, 4) is 5.75 Å². The van der Waals surface area contributed by atoms with Crippen LogP contribution in [0, 0.1) is 0 Å². The van der Waals surface area contributed by atoms with Crippen molar-refractivity contribution >= 4 is 29.3 Å². The normalized spacial score (nSPS) is 18.5. The minimum atomic E-state index is -0.891. The smallest absolute Gasteiger partial charge is 0.303 e. The van der Waals surface area contributed by atoms with E-state index in [2.05, 4.69) is 6.07 Å². The van der Waals surface area contributed by atoms with E-state index in [0.717, 1.165) is 27.5 Å². The summed E-state index contributed by atoms with van der Waals surface area (Å²) in [6.45, 7) is 2.58. The Kier molecular flexibility index (Phi) is 7.62. The van der Waals surface area contributed by atoms with Crippen molar-refractivity contribution < 1.29 is 19.1 Å². The lowest BCUT2D eigenvalue weighted by Crippen LogP contribution is -2.45. The monoisotopic (exact) mass is 442 g/mol. The number of hydrogen-bond acceptors (Lipinski definition) is 6. The molecule has 0 aromatic heterocycles. The second-order valence-electron chi connectivity index (χ2n) is 7.90. The van der Waals surface area contributed by atoms with Crippen LogP contribution < -0.4 is 9.64 Å². The zero-order chi connectivity index (χ0) is 22.5. The van der Waals surface area contributed by atoms with Crippen molar-refractivity contribution in [2.75, 3.05) is 45.5 Å². The van der Waals surface area contributed by atoms with Gasteiger partial charge in [-0.05, 0) is 68.2 Å². The number of nitrogens with zero attached hydrogens (tertiary/aromatic N) is 2. The fraction of sp³-hybridized carbons (Fsp3) is 0.417. The first-order chi connectivity index (χ1) is 14.8. The number of methoxy groups -OCH3 is 1. The minimum Gasteiger partial charge on any atom is -0.497 e. The van der Waals surface area contributed by atoms with Crippen molar-refractivity contribution in [1.82, 2.24) is 4.90 Å². The van der Waals surface area contributed by atoms with Crippen LogP contribution in [0.15, 0.2) is 47.4 Å². The highest BCUT2D eigenvalue weighted by molar-refractivity contribution is 7.98. The van der Waals surface area contributed by atoms with Gasteiger partial charge in [-0.2, -0.15) is 0 Å². The number of likely N-dealkylation sites (N-methyl/N-ethyl adjacent to an activating group) is 1. The molecule has 2 aromatic rings. The summed E-state index contributed by atoms with van der Waals surface area (Å²) in [6, 6.07) is 13.8. The van der Waals surface area contributed by atoms with Crippen molar-refractivity contribution in [3.63, 3.8) is 0 Å². The number of anilines is 1. The molecule has 0 spiro atoms. The van der Waals surface area contributed by atoms with E-state index in [1.165, 1.54) is 6.92 Å². The predicted molar refractivity (Wildman–Crippen MR) is 124 cm³/mol. The van der Waals surface area contributed by atoms with Crippen LogP contribution in [0.4, 0.5) is 5.69 Å². The molecular formula is C24H30N2O4S. The maximum absolute atomic E-state index is 13.7. The molecule has 6 nitrogen and oxygen atoms in total. The summed E-state index contributed by atoms with van der Waals surface area (Å²) in [5.74, 6) is -0.193. The Morgan fingerprint density at radius 3 is 2.48 bits per heavy atom. The van der Waals surface area contributed by atoms with E-state index < -0.39 is 12.1 Å². The second kappa shape index (κ2) is 10.2. The van der Waals surface area contributed by atoms with E-state index in [1.54, 1.807) is 23.8 Å². The number of benzene rings is 2. The number of ether oxygens (including phenoxy) is 2. The molecule has 0 N–H and O–H groups in total. The molecule has 2 atom stereocenters. The molecule has 0 bridgehead atoms. The van der Waals surface area contributed by atoms with Crippen LogP contribution in [0.2, 0.25) is 0 Å². The number of fused-ring (bicyclic) bond motifs is 1. The summed E-state index contributed by atoms with van der Waals surface area (Å²) in [5.41, 5.74) is 2.91. The zero-order valence-corrected chi connectivity index (χ0v) is 19.6. The Bertz CT molecular complexity index is 930. The summed E-state index contributed by atoms with van der Waals surface area (Å²) in [7, 11) is 5.57. The van der Waals surface area contributed by atoms with Gasteiger partial charge in [0.15, 0.2) is 6.10 Å². The summed E-state index contributed by atoms with van der Waals surface area (Å²) in [6.07, 6.45) is 1.74. The van der Waals surface area contributed by atoms with E-state index in [0.29, 0.717) is 19.5 Å². The Hall–Kier alpha value is -2.51. The molecule has 7 heteroatoms. The van der Waals surface area contributed by atoms with Crippen molar-refractivity contribution in [2.45, 2.75) is 30.3 Å². The molecule has 1 heterocycles. The van der Waals surface area contributed by atoms with Crippen LogP contribution >= 0.6 is 11.8 Å².